The minimum absolute atomic E-state index is 0.302. The molecule has 2 aromatic rings. The highest BCUT2D eigenvalue weighted by Crippen LogP contribution is 2.50. The Bertz CT molecular complexity index is 790. The third kappa shape index (κ3) is 3.66. The Kier molecular flexibility index (Phi) is 6.04. The van der Waals surface area contributed by atoms with Crippen LogP contribution in [0.15, 0.2) is 60.3 Å². The highest BCUT2D eigenvalue weighted by Gasteiger charge is 2.45. The van der Waals surface area contributed by atoms with Gasteiger partial charge in [-0.15, -0.1) is 0 Å². The number of rotatable bonds is 6. The van der Waals surface area contributed by atoms with E-state index in [9.17, 15) is 0 Å². The second kappa shape index (κ2) is 8.46. The molecule has 2 aromatic carbocycles. The zero-order chi connectivity index (χ0) is 19.3. The predicted octanol–water partition coefficient (Wildman–Crippen LogP) is 3.89. The van der Waals surface area contributed by atoms with Gasteiger partial charge in [0.05, 0.1) is 11.4 Å². The average molecular weight is 367 g/mol. The van der Waals surface area contributed by atoms with Gasteiger partial charge in [0.1, 0.15) is 5.60 Å². The summed E-state index contributed by atoms with van der Waals surface area (Å²) in [6.45, 7) is 3.01. The molecule has 0 radical (unpaired) electrons. The van der Waals surface area contributed by atoms with Crippen molar-refractivity contribution >= 4 is 11.4 Å². The van der Waals surface area contributed by atoms with Gasteiger partial charge in [-0.2, -0.15) is 0 Å². The fourth-order valence-electron chi connectivity index (χ4n) is 4.27. The molecule has 1 aliphatic carbocycles. The molecule has 2 unspecified atom stereocenters. The average Bonchev–Trinajstić information content (AvgIpc) is 2.70. The lowest BCUT2D eigenvalue weighted by Crippen LogP contribution is -2.42. The Hall–Kier alpha value is -2.50. The molecule has 1 fully saturated rings. The van der Waals surface area contributed by atoms with Gasteiger partial charge in [-0.05, 0) is 48.6 Å². The first-order valence-corrected chi connectivity index (χ1v) is 9.51. The van der Waals surface area contributed by atoms with Gasteiger partial charge in [-0.1, -0.05) is 49.4 Å². The minimum Gasteiger partial charge on any atom is -0.397 e. The molecule has 0 bridgehead atoms. The zero-order valence-electron chi connectivity index (χ0n) is 16.2. The number of benzene rings is 2. The third-order valence-corrected chi connectivity index (χ3v) is 5.66. The van der Waals surface area contributed by atoms with Crippen LogP contribution in [-0.2, 0) is 16.9 Å². The number of hydrogen-bond acceptors (Lipinski definition) is 5. The maximum absolute atomic E-state index is 6.46. The summed E-state index contributed by atoms with van der Waals surface area (Å²) >= 11 is 0. The first-order chi connectivity index (χ1) is 13.1. The summed E-state index contributed by atoms with van der Waals surface area (Å²) in [7, 11) is 1.77. The summed E-state index contributed by atoms with van der Waals surface area (Å²) in [5.74, 6) is 5.95. The van der Waals surface area contributed by atoms with E-state index in [1.165, 1.54) is 11.1 Å². The Balaban J connectivity index is 1.97. The molecule has 3 rings (SSSR count). The number of methoxy groups -OCH3 is 1. The molecular weight excluding hydrogens is 336 g/mol. The van der Waals surface area contributed by atoms with E-state index in [1.807, 2.05) is 24.3 Å². The van der Waals surface area contributed by atoms with Crippen molar-refractivity contribution in [1.29, 1.82) is 0 Å². The maximum atomic E-state index is 6.46. The number of hydrogen-bond donors (Lipinski definition) is 4. The van der Waals surface area contributed by atoms with Crippen molar-refractivity contribution in [3.05, 3.63) is 71.4 Å². The van der Waals surface area contributed by atoms with Gasteiger partial charge in [-0.3, -0.25) is 5.84 Å². The van der Waals surface area contributed by atoms with Crippen molar-refractivity contribution in [2.75, 3.05) is 18.3 Å². The number of nitrogens with one attached hydrogen (secondary N) is 2. The largest absolute Gasteiger partial charge is 0.397 e. The van der Waals surface area contributed by atoms with Crippen LogP contribution >= 0.6 is 0 Å². The van der Waals surface area contributed by atoms with E-state index in [0.29, 0.717) is 11.6 Å². The monoisotopic (exact) mass is 366 g/mol. The van der Waals surface area contributed by atoms with Gasteiger partial charge in [-0.25, -0.2) is 0 Å². The quantitative estimate of drug-likeness (QED) is 0.354. The summed E-state index contributed by atoms with van der Waals surface area (Å²) in [6.07, 6.45) is 5.32. The molecule has 0 saturated heterocycles. The van der Waals surface area contributed by atoms with Gasteiger partial charge in [0.25, 0.3) is 0 Å². The van der Waals surface area contributed by atoms with Crippen LogP contribution in [0.1, 0.15) is 37.3 Å². The van der Waals surface area contributed by atoms with Gasteiger partial charge in [0.2, 0.25) is 0 Å². The molecule has 6 N–H and O–H groups in total. The Labute approximate surface area is 161 Å². The van der Waals surface area contributed by atoms with Crippen LogP contribution in [0.2, 0.25) is 0 Å². The molecule has 0 aliphatic heterocycles. The Morgan fingerprint density at radius 2 is 1.96 bits per heavy atom. The molecule has 144 valence electrons. The van der Waals surface area contributed by atoms with E-state index in [4.69, 9.17) is 16.3 Å². The smallest absolute Gasteiger partial charge is 0.120 e. The van der Waals surface area contributed by atoms with Crippen LogP contribution in [0.3, 0.4) is 0 Å². The lowest BCUT2D eigenvalue weighted by Gasteiger charge is -2.44. The molecule has 5 nitrogen and oxygen atoms in total. The van der Waals surface area contributed by atoms with Crippen LogP contribution in [0.5, 0.6) is 0 Å². The molecule has 0 heterocycles. The number of nitrogens with two attached hydrogens (primary N) is 2. The van der Waals surface area contributed by atoms with Crippen LogP contribution < -0.4 is 22.3 Å². The molecule has 1 aliphatic rings. The Morgan fingerprint density at radius 1 is 1.19 bits per heavy atom. The fraction of sp³-hybridized carbons (Fsp3) is 0.364. The molecule has 0 spiro atoms. The van der Waals surface area contributed by atoms with Crippen molar-refractivity contribution < 1.29 is 4.74 Å². The van der Waals surface area contributed by atoms with E-state index in [1.54, 1.807) is 7.11 Å². The number of anilines is 2. The normalized spacial score (nSPS) is 24.0. The van der Waals surface area contributed by atoms with Gasteiger partial charge in [0, 0.05) is 19.2 Å². The van der Waals surface area contributed by atoms with Gasteiger partial charge in [0.15, 0.2) is 0 Å². The molecule has 1 saturated carbocycles. The lowest BCUT2D eigenvalue weighted by atomic mass is 9.68. The highest BCUT2D eigenvalue weighted by atomic mass is 16.5. The van der Waals surface area contributed by atoms with Crippen LogP contribution in [0.25, 0.3) is 0 Å². The van der Waals surface area contributed by atoms with Gasteiger partial charge < -0.3 is 21.2 Å². The summed E-state index contributed by atoms with van der Waals surface area (Å²) < 4.78 is 6.22. The summed E-state index contributed by atoms with van der Waals surface area (Å²) in [6, 6.07) is 16.3. The van der Waals surface area contributed by atoms with Crippen molar-refractivity contribution in [2.24, 2.45) is 11.8 Å². The van der Waals surface area contributed by atoms with Crippen LogP contribution in [0.4, 0.5) is 11.4 Å². The fourth-order valence-corrected chi connectivity index (χ4v) is 4.27. The number of hydrazine groups is 1. The predicted molar refractivity (Wildman–Crippen MR) is 112 cm³/mol. The molecule has 5 heteroatoms. The first kappa shape index (κ1) is 19.3. The number of para-hydroxylation sites is 1. The maximum Gasteiger partial charge on any atom is 0.120 e. The van der Waals surface area contributed by atoms with E-state index in [0.717, 1.165) is 37.1 Å². The number of nitrogen functional groups attached to an aromatic ring is 2. The first-order valence-electron chi connectivity index (χ1n) is 9.51. The van der Waals surface area contributed by atoms with E-state index in [2.05, 4.69) is 48.1 Å². The summed E-state index contributed by atoms with van der Waals surface area (Å²) in [5.41, 5.74) is 13.4. The standard InChI is InChI=1S/C22H30N4O/c1-16-8-6-11-18(15-25-14-17-9-4-3-5-10-17)22(16,27-2)19-12-7-13-20(26-24)21(19)23/h3-5,7,9-10,12-13,15-16,25-26H,6,8,11,14,23-24H2,1-2H3/b18-15-. The van der Waals surface area contributed by atoms with Crippen molar-refractivity contribution in [2.45, 2.75) is 38.3 Å². The van der Waals surface area contributed by atoms with Crippen LogP contribution in [0, 0.1) is 5.92 Å². The van der Waals surface area contributed by atoms with E-state index >= 15 is 0 Å². The topological polar surface area (TPSA) is 85.3 Å². The third-order valence-electron chi connectivity index (χ3n) is 5.66. The molecule has 0 amide bonds. The Morgan fingerprint density at radius 3 is 2.67 bits per heavy atom. The lowest BCUT2D eigenvalue weighted by molar-refractivity contribution is -0.0427. The SMILES string of the molecule is COC1(c2cccc(NN)c2N)/C(=C\NCc2ccccc2)CCCC1C. The minimum atomic E-state index is -0.557. The highest BCUT2D eigenvalue weighted by molar-refractivity contribution is 5.71. The van der Waals surface area contributed by atoms with Crippen molar-refractivity contribution in [1.82, 2.24) is 5.32 Å². The number of ether oxygens (including phenoxy) is 1. The molecular formula is C22H30N4O. The summed E-state index contributed by atoms with van der Waals surface area (Å²) in [4.78, 5) is 0. The van der Waals surface area contributed by atoms with Crippen LogP contribution in [-0.4, -0.2) is 7.11 Å². The van der Waals surface area contributed by atoms with Gasteiger partial charge >= 0.3 is 0 Å². The molecule has 27 heavy (non-hydrogen) atoms. The molecule has 2 atom stereocenters. The van der Waals surface area contributed by atoms with Crippen molar-refractivity contribution in [3.8, 4) is 0 Å². The second-order valence-corrected chi connectivity index (χ2v) is 7.18. The van der Waals surface area contributed by atoms with E-state index < -0.39 is 5.60 Å². The van der Waals surface area contributed by atoms with Crippen molar-refractivity contribution in [3.63, 3.8) is 0 Å². The second-order valence-electron chi connectivity index (χ2n) is 7.18. The molecule has 0 aromatic heterocycles. The summed E-state index contributed by atoms with van der Waals surface area (Å²) in [5, 5.41) is 3.48. The zero-order valence-corrected chi connectivity index (χ0v) is 16.2. The van der Waals surface area contributed by atoms with E-state index in [-0.39, 0.29) is 0 Å².